The Morgan fingerprint density at radius 3 is 1.83 bits per heavy atom. The van der Waals surface area contributed by atoms with Crippen LogP contribution in [0.25, 0.3) is 0 Å². The molecule has 1 aliphatic rings. The normalized spacial score (nSPS) is 22.3. The zero-order valence-corrected chi connectivity index (χ0v) is 12.6. The maximum atomic E-state index is 14.1. The van der Waals surface area contributed by atoms with Crippen molar-refractivity contribution < 1.29 is 40.2 Å². The van der Waals surface area contributed by atoms with Gasteiger partial charge in [-0.05, 0) is 18.8 Å². The van der Waals surface area contributed by atoms with Crippen molar-refractivity contribution >= 4 is 0 Å². The number of ether oxygens (including phenoxy) is 2. The molecule has 0 atom stereocenters. The van der Waals surface area contributed by atoms with Crippen molar-refractivity contribution in [2.24, 2.45) is 11.8 Å². The average Bonchev–Trinajstić information content (AvgIpc) is 2.42. The molecule has 0 aromatic heterocycles. The Balaban J connectivity index is 2.15. The van der Waals surface area contributed by atoms with Crippen LogP contribution in [0.1, 0.15) is 32.6 Å². The number of halogens is 7. The van der Waals surface area contributed by atoms with Gasteiger partial charge in [-0.1, -0.05) is 19.8 Å². The molecule has 1 aromatic rings. The third-order valence-corrected chi connectivity index (χ3v) is 3.93. The first kappa shape index (κ1) is 18.7. The second-order valence-corrected chi connectivity index (χ2v) is 5.88. The van der Waals surface area contributed by atoms with Gasteiger partial charge in [0.15, 0.2) is 11.6 Å². The first-order chi connectivity index (χ1) is 11.0. The second-order valence-electron chi connectivity index (χ2n) is 5.88. The minimum atomic E-state index is -5.31. The first-order valence-electron chi connectivity index (χ1n) is 7.29. The fraction of sp³-hybridized carbons (Fsp3) is 0.600. The van der Waals surface area contributed by atoms with Gasteiger partial charge in [-0.15, -0.1) is 13.2 Å². The topological polar surface area (TPSA) is 18.5 Å². The molecule has 1 aromatic carbocycles. The summed E-state index contributed by atoms with van der Waals surface area (Å²) in [5, 5.41) is 0. The number of hydrogen-bond acceptors (Lipinski definition) is 2. The van der Waals surface area contributed by atoms with Gasteiger partial charge in [0, 0.05) is 12.1 Å². The van der Waals surface area contributed by atoms with E-state index in [4.69, 9.17) is 0 Å². The van der Waals surface area contributed by atoms with E-state index in [0.717, 1.165) is 0 Å². The van der Waals surface area contributed by atoms with Gasteiger partial charge in [0.25, 0.3) is 0 Å². The monoisotopic (exact) mass is 360 g/mol. The molecular formula is C15H15F7O2. The van der Waals surface area contributed by atoms with Gasteiger partial charge >= 0.3 is 12.5 Å². The highest BCUT2D eigenvalue weighted by Crippen LogP contribution is 2.41. The lowest BCUT2D eigenvalue weighted by atomic mass is 9.82. The Hall–Kier alpha value is -1.67. The van der Waals surface area contributed by atoms with Crippen LogP contribution in [0.15, 0.2) is 12.1 Å². The molecule has 0 aliphatic heterocycles. The highest BCUT2D eigenvalue weighted by Gasteiger charge is 2.44. The third kappa shape index (κ3) is 4.67. The van der Waals surface area contributed by atoms with Crippen LogP contribution in [0.2, 0.25) is 0 Å². The molecule has 0 saturated heterocycles. The molecule has 1 fully saturated rings. The standard InChI is InChI=1S/C15H15F7O2/c1-8-2-4-9(5-3-8)14(18,19)23-10-6-11(16)13(12(17)7-10)24-15(20,21)22/h6-9H,2-5H2,1H3. The summed E-state index contributed by atoms with van der Waals surface area (Å²) >= 11 is 0. The predicted octanol–water partition coefficient (Wildman–Crippen LogP) is 5.66. The zero-order chi connectivity index (χ0) is 18.1. The molecule has 24 heavy (non-hydrogen) atoms. The van der Waals surface area contributed by atoms with Crippen LogP contribution >= 0.6 is 0 Å². The van der Waals surface area contributed by atoms with Gasteiger partial charge in [0.2, 0.25) is 5.75 Å². The maximum absolute atomic E-state index is 14.1. The number of benzene rings is 1. The third-order valence-electron chi connectivity index (χ3n) is 3.93. The van der Waals surface area contributed by atoms with Gasteiger partial charge in [0.1, 0.15) is 5.75 Å². The molecule has 0 bridgehead atoms. The van der Waals surface area contributed by atoms with Crippen molar-refractivity contribution in [2.75, 3.05) is 0 Å². The fourth-order valence-electron chi connectivity index (χ4n) is 2.65. The van der Waals surface area contributed by atoms with Crippen molar-refractivity contribution in [1.82, 2.24) is 0 Å². The Labute approximate surface area is 133 Å². The maximum Gasteiger partial charge on any atom is 0.573 e. The van der Waals surface area contributed by atoms with E-state index in [1.54, 1.807) is 0 Å². The molecule has 0 N–H and O–H groups in total. The minimum absolute atomic E-state index is 0.189. The van der Waals surface area contributed by atoms with E-state index in [1.165, 1.54) is 0 Å². The number of hydrogen-bond donors (Lipinski definition) is 0. The van der Waals surface area contributed by atoms with Crippen LogP contribution in [0.3, 0.4) is 0 Å². The van der Waals surface area contributed by atoms with Crippen LogP contribution in [0.4, 0.5) is 30.7 Å². The van der Waals surface area contributed by atoms with E-state index >= 15 is 0 Å². The van der Waals surface area contributed by atoms with E-state index < -0.39 is 41.5 Å². The minimum Gasteiger partial charge on any atom is -0.432 e. The van der Waals surface area contributed by atoms with Crippen molar-refractivity contribution in [3.8, 4) is 11.5 Å². The van der Waals surface area contributed by atoms with Crippen molar-refractivity contribution in [3.63, 3.8) is 0 Å². The summed E-state index contributed by atoms with van der Waals surface area (Å²) in [4.78, 5) is 0. The molecule has 9 heteroatoms. The Morgan fingerprint density at radius 2 is 1.38 bits per heavy atom. The van der Waals surface area contributed by atoms with E-state index in [0.29, 0.717) is 18.8 Å². The van der Waals surface area contributed by atoms with Crippen LogP contribution in [-0.2, 0) is 0 Å². The largest absolute Gasteiger partial charge is 0.573 e. The van der Waals surface area contributed by atoms with E-state index in [1.807, 2.05) is 6.92 Å². The first-order valence-corrected chi connectivity index (χ1v) is 7.29. The van der Waals surface area contributed by atoms with E-state index in [9.17, 15) is 30.7 Å². The quantitative estimate of drug-likeness (QED) is 0.645. The molecular weight excluding hydrogens is 345 g/mol. The molecule has 2 nitrogen and oxygen atoms in total. The van der Waals surface area contributed by atoms with Crippen LogP contribution in [0.5, 0.6) is 11.5 Å². The van der Waals surface area contributed by atoms with Gasteiger partial charge < -0.3 is 9.47 Å². The van der Waals surface area contributed by atoms with Gasteiger partial charge in [0.05, 0.1) is 5.92 Å². The van der Waals surface area contributed by atoms with E-state index in [-0.39, 0.29) is 25.0 Å². The lowest BCUT2D eigenvalue weighted by Gasteiger charge is -2.32. The zero-order valence-electron chi connectivity index (χ0n) is 12.6. The highest BCUT2D eigenvalue weighted by atomic mass is 19.4. The summed E-state index contributed by atoms with van der Waals surface area (Å²) in [7, 11) is 0. The SMILES string of the molecule is CC1CCC(C(F)(F)Oc2cc(F)c(OC(F)(F)F)c(F)c2)CC1. The summed E-state index contributed by atoms with van der Waals surface area (Å²) < 4.78 is 98.9. The van der Waals surface area contributed by atoms with Crippen molar-refractivity contribution in [3.05, 3.63) is 23.8 Å². The molecule has 1 aliphatic carbocycles. The van der Waals surface area contributed by atoms with E-state index in [2.05, 4.69) is 9.47 Å². The smallest absolute Gasteiger partial charge is 0.432 e. The number of rotatable bonds is 4. The fourth-order valence-corrected chi connectivity index (χ4v) is 2.65. The summed E-state index contributed by atoms with van der Waals surface area (Å²) in [5.41, 5.74) is 0. The average molecular weight is 360 g/mol. The Bertz CT molecular complexity index is 555. The van der Waals surface area contributed by atoms with Crippen molar-refractivity contribution in [2.45, 2.75) is 45.1 Å². The van der Waals surface area contributed by atoms with Crippen LogP contribution in [-0.4, -0.2) is 12.5 Å². The molecule has 1 saturated carbocycles. The molecule has 2 rings (SSSR count). The van der Waals surface area contributed by atoms with Crippen LogP contribution in [0, 0.1) is 23.5 Å². The van der Waals surface area contributed by atoms with Crippen molar-refractivity contribution in [1.29, 1.82) is 0 Å². The lowest BCUT2D eigenvalue weighted by molar-refractivity contribution is -0.276. The highest BCUT2D eigenvalue weighted by molar-refractivity contribution is 5.35. The van der Waals surface area contributed by atoms with Gasteiger partial charge in [-0.3, -0.25) is 0 Å². The molecule has 0 heterocycles. The molecule has 136 valence electrons. The summed E-state index contributed by atoms with van der Waals surface area (Å²) in [6, 6.07) is 0.479. The molecule has 0 amide bonds. The number of alkyl halides is 5. The lowest BCUT2D eigenvalue weighted by Crippen LogP contribution is -2.37. The molecule has 0 radical (unpaired) electrons. The summed E-state index contributed by atoms with van der Waals surface area (Å²) in [5.74, 6) is -6.99. The molecule has 0 spiro atoms. The predicted molar refractivity (Wildman–Crippen MR) is 69.7 cm³/mol. The summed E-state index contributed by atoms with van der Waals surface area (Å²) in [6.45, 7) is 1.93. The Kier molecular flexibility index (Phi) is 5.19. The Morgan fingerprint density at radius 1 is 0.875 bits per heavy atom. The second kappa shape index (κ2) is 6.68. The van der Waals surface area contributed by atoms with Crippen LogP contribution < -0.4 is 9.47 Å². The van der Waals surface area contributed by atoms with Gasteiger partial charge in [-0.2, -0.15) is 8.78 Å². The summed E-state index contributed by atoms with van der Waals surface area (Å²) in [6.07, 6.45) is -7.46. The molecule has 0 unspecified atom stereocenters. The van der Waals surface area contributed by atoms with Gasteiger partial charge in [-0.25, -0.2) is 8.78 Å².